The summed E-state index contributed by atoms with van der Waals surface area (Å²) in [7, 11) is 0. The van der Waals surface area contributed by atoms with Crippen LogP contribution < -0.4 is 5.32 Å². The summed E-state index contributed by atoms with van der Waals surface area (Å²) >= 11 is 0.746. The highest BCUT2D eigenvalue weighted by Gasteiger charge is 2.40. The Labute approximate surface area is 131 Å². The topological polar surface area (TPSA) is 32.3 Å². The second kappa shape index (κ2) is 6.02. The standard InChI is InChI=1S/C15H17F3N2OS/c16-15(17,18)9-22-13-4-2-1-3-11(13)19-12-7-8-20(14(12)21)10-5-6-10/h1-4,10,12,19H,5-9H2/t12-/m1/s1. The van der Waals surface area contributed by atoms with Gasteiger partial charge in [-0.15, -0.1) is 11.8 Å². The van der Waals surface area contributed by atoms with Gasteiger partial charge >= 0.3 is 6.18 Å². The summed E-state index contributed by atoms with van der Waals surface area (Å²) in [6, 6.07) is 6.90. The number of hydrogen-bond donors (Lipinski definition) is 1. The number of amides is 1. The first-order valence-electron chi connectivity index (χ1n) is 7.29. The number of para-hydroxylation sites is 1. The van der Waals surface area contributed by atoms with Crippen LogP contribution in [-0.4, -0.2) is 41.4 Å². The average Bonchev–Trinajstić information content (AvgIpc) is 3.23. The Bertz CT molecular complexity index is 560. The first-order chi connectivity index (χ1) is 10.4. The zero-order valence-corrected chi connectivity index (χ0v) is 12.7. The quantitative estimate of drug-likeness (QED) is 0.839. The van der Waals surface area contributed by atoms with Crippen LogP contribution in [0, 0.1) is 0 Å². The van der Waals surface area contributed by atoms with Gasteiger partial charge in [0.1, 0.15) is 6.04 Å². The number of benzene rings is 1. The Balaban J connectivity index is 1.66. The van der Waals surface area contributed by atoms with Crippen LogP contribution in [-0.2, 0) is 4.79 Å². The largest absolute Gasteiger partial charge is 0.398 e. The predicted molar refractivity (Wildman–Crippen MR) is 80.0 cm³/mol. The minimum Gasteiger partial charge on any atom is -0.373 e. The maximum Gasteiger partial charge on any atom is 0.398 e. The van der Waals surface area contributed by atoms with Gasteiger partial charge in [-0.3, -0.25) is 4.79 Å². The van der Waals surface area contributed by atoms with Gasteiger partial charge in [-0.05, 0) is 31.4 Å². The number of nitrogens with one attached hydrogen (secondary N) is 1. The molecule has 22 heavy (non-hydrogen) atoms. The molecule has 7 heteroatoms. The van der Waals surface area contributed by atoms with Gasteiger partial charge in [0.2, 0.25) is 5.91 Å². The lowest BCUT2D eigenvalue weighted by molar-refractivity contribution is -0.128. The lowest BCUT2D eigenvalue weighted by Gasteiger charge is -2.18. The molecule has 1 saturated heterocycles. The predicted octanol–water partition coefficient (Wildman–Crippen LogP) is 3.52. The number of nitrogens with zero attached hydrogens (tertiary/aromatic N) is 1. The molecule has 120 valence electrons. The van der Waals surface area contributed by atoms with Crippen LogP contribution in [0.3, 0.4) is 0 Å². The molecular formula is C15H17F3N2OS. The number of rotatable bonds is 5. The van der Waals surface area contributed by atoms with Crippen molar-refractivity contribution in [2.45, 2.75) is 42.4 Å². The lowest BCUT2D eigenvalue weighted by Crippen LogP contribution is -2.34. The van der Waals surface area contributed by atoms with E-state index in [1.165, 1.54) is 0 Å². The highest BCUT2D eigenvalue weighted by molar-refractivity contribution is 7.99. The summed E-state index contributed by atoms with van der Waals surface area (Å²) in [6.45, 7) is 0.735. The number of thioether (sulfide) groups is 1. The van der Waals surface area contributed by atoms with Crippen molar-refractivity contribution >= 4 is 23.4 Å². The fourth-order valence-corrected chi connectivity index (χ4v) is 3.42. The van der Waals surface area contributed by atoms with E-state index >= 15 is 0 Å². The van der Waals surface area contributed by atoms with Crippen LogP contribution in [0.1, 0.15) is 19.3 Å². The third kappa shape index (κ3) is 3.69. The normalized spacial score (nSPS) is 22.2. The highest BCUT2D eigenvalue weighted by atomic mass is 32.2. The van der Waals surface area contributed by atoms with E-state index in [9.17, 15) is 18.0 Å². The molecule has 1 aliphatic heterocycles. The molecule has 1 saturated carbocycles. The fraction of sp³-hybridized carbons (Fsp3) is 0.533. The maximum absolute atomic E-state index is 12.4. The molecule has 1 atom stereocenters. The summed E-state index contributed by atoms with van der Waals surface area (Å²) < 4.78 is 37.2. The first-order valence-corrected chi connectivity index (χ1v) is 8.28. The second-order valence-electron chi connectivity index (χ2n) is 5.65. The van der Waals surface area contributed by atoms with E-state index in [2.05, 4.69) is 5.32 Å². The fourth-order valence-electron chi connectivity index (χ4n) is 2.64. The van der Waals surface area contributed by atoms with Gasteiger partial charge in [0.05, 0.1) is 5.75 Å². The molecule has 1 aromatic carbocycles. The van der Waals surface area contributed by atoms with Crippen LogP contribution in [0.15, 0.2) is 29.2 Å². The number of halogens is 3. The molecule has 1 aliphatic carbocycles. The first kappa shape index (κ1) is 15.5. The molecule has 0 radical (unpaired) electrons. The molecule has 3 rings (SSSR count). The summed E-state index contributed by atoms with van der Waals surface area (Å²) in [5, 5.41) is 3.13. The summed E-state index contributed by atoms with van der Waals surface area (Å²) in [5.74, 6) is -0.864. The SMILES string of the molecule is O=C1[C@H](Nc2ccccc2SCC(F)(F)F)CCN1C1CC1. The summed E-state index contributed by atoms with van der Waals surface area (Å²) in [6.07, 6.45) is -1.37. The highest BCUT2D eigenvalue weighted by Crippen LogP contribution is 2.35. The van der Waals surface area contributed by atoms with Crippen molar-refractivity contribution in [3.63, 3.8) is 0 Å². The Morgan fingerprint density at radius 1 is 1.23 bits per heavy atom. The van der Waals surface area contributed by atoms with Crippen LogP contribution in [0.25, 0.3) is 0 Å². The van der Waals surface area contributed by atoms with E-state index in [-0.39, 0.29) is 11.9 Å². The minimum absolute atomic E-state index is 0.0677. The monoisotopic (exact) mass is 330 g/mol. The zero-order valence-electron chi connectivity index (χ0n) is 11.9. The molecule has 2 fully saturated rings. The number of carbonyl (C=O) groups excluding carboxylic acids is 1. The number of carbonyl (C=O) groups is 1. The molecule has 0 aromatic heterocycles. The van der Waals surface area contributed by atoms with Crippen molar-refractivity contribution < 1.29 is 18.0 Å². The second-order valence-corrected chi connectivity index (χ2v) is 6.67. The van der Waals surface area contributed by atoms with Gasteiger partial charge in [-0.25, -0.2) is 0 Å². The molecule has 1 aromatic rings. The van der Waals surface area contributed by atoms with E-state index in [4.69, 9.17) is 0 Å². The molecule has 0 unspecified atom stereocenters. The molecule has 1 N–H and O–H groups in total. The van der Waals surface area contributed by atoms with Gasteiger partial charge in [0, 0.05) is 23.2 Å². The van der Waals surface area contributed by atoms with Crippen molar-refractivity contribution in [1.29, 1.82) is 0 Å². The van der Waals surface area contributed by atoms with Crippen molar-refractivity contribution in [2.75, 3.05) is 17.6 Å². The Morgan fingerprint density at radius 2 is 1.95 bits per heavy atom. The van der Waals surface area contributed by atoms with Gasteiger partial charge in [0.15, 0.2) is 0 Å². The Hall–Kier alpha value is -1.37. The molecule has 3 nitrogen and oxygen atoms in total. The molecule has 0 spiro atoms. The van der Waals surface area contributed by atoms with Gasteiger partial charge in [-0.1, -0.05) is 12.1 Å². The van der Waals surface area contributed by atoms with Crippen LogP contribution >= 0.6 is 11.8 Å². The van der Waals surface area contributed by atoms with E-state index in [1.54, 1.807) is 24.3 Å². The number of alkyl halides is 3. The maximum atomic E-state index is 12.4. The number of hydrogen-bond acceptors (Lipinski definition) is 3. The minimum atomic E-state index is -4.20. The van der Waals surface area contributed by atoms with Crippen molar-refractivity contribution in [3.05, 3.63) is 24.3 Å². The van der Waals surface area contributed by atoms with E-state index in [0.29, 0.717) is 23.0 Å². The number of anilines is 1. The zero-order chi connectivity index (χ0) is 15.7. The third-order valence-electron chi connectivity index (χ3n) is 3.84. The Kier molecular flexibility index (Phi) is 4.25. The van der Waals surface area contributed by atoms with Crippen LogP contribution in [0.5, 0.6) is 0 Å². The van der Waals surface area contributed by atoms with Crippen molar-refractivity contribution in [3.8, 4) is 0 Å². The number of likely N-dealkylation sites (tertiary alicyclic amines) is 1. The summed E-state index contributed by atoms with van der Waals surface area (Å²) in [5.41, 5.74) is 0.604. The van der Waals surface area contributed by atoms with Crippen LogP contribution in [0.2, 0.25) is 0 Å². The lowest BCUT2D eigenvalue weighted by atomic mass is 10.2. The van der Waals surface area contributed by atoms with Crippen LogP contribution in [0.4, 0.5) is 18.9 Å². The van der Waals surface area contributed by atoms with Gasteiger partial charge < -0.3 is 10.2 Å². The van der Waals surface area contributed by atoms with Gasteiger partial charge in [-0.2, -0.15) is 13.2 Å². The molecular weight excluding hydrogens is 313 g/mol. The average molecular weight is 330 g/mol. The van der Waals surface area contributed by atoms with E-state index in [0.717, 1.165) is 31.1 Å². The van der Waals surface area contributed by atoms with E-state index < -0.39 is 11.9 Å². The summed E-state index contributed by atoms with van der Waals surface area (Å²) in [4.78, 5) is 14.7. The molecule has 2 aliphatic rings. The smallest absolute Gasteiger partial charge is 0.373 e. The van der Waals surface area contributed by atoms with Crippen molar-refractivity contribution in [1.82, 2.24) is 4.90 Å². The molecule has 0 bridgehead atoms. The van der Waals surface area contributed by atoms with E-state index in [1.807, 2.05) is 4.90 Å². The molecule has 1 heterocycles. The van der Waals surface area contributed by atoms with Gasteiger partial charge in [0.25, 0.3) is 0 Å². The van der Waals surface area contributed by atoms with Crippen molar-refractivity contribution in [2.24, 2.45) is 0 Å². The third-order valence-corrected chi connectivity index (χ3v) is 4.97. The molecule has 1 amide bonds. The Morgan fingerprint density at radius 3 is 2.64 bits per heavy atom.